The Morgan fingerprint density at radius 2 is 2.28 bits per heavy atom. The van der Waals surface area contributed by atoms with Gasteiger partial charge in [0.2, 0.25) is 5.91 Å². The monoisotopic (exact) mass is 255 g/mol. The van der Waals surface area contributed by atoms with Gasteiger partial charge in [0.1, 0.15) is 0 Å². The first-order valence-electron chi connectivity index (χ1n) is 6.87. The number of nitrogens with zero attached hydrogens (tertiary/aromatic N) is 2. The lowest BCUT2D eigenvalue weighted by molar-refractivity contribution is -0.132. The van der Waals surface area contributed by atoms with E-state index >= 15 is 0 Å². The molecule has 0 saturated carbocycles. The summed E-state index contributed by atoms with van der Waals surface area (Å²) in [7, 11) is 3.66. The van der Waals surface area contributed by atoms with Crippen molar-refractivity contribution in [1.29, 1.82) is 0 Å². The molecule has 3 aliphatic heterocycles. The number of likely N-dealkylation sites (N-methyl/N-ethyl adjacent to an activating group) is 1. The van der Waals surface area contributed by atoms with Crippen LogP contribution in [-0.4, -0.2) is 75.2 Å². The van der Waals surface area contributed by atoms with E-state index in [0.717, 1.165) is 26.2 Å². The van der Waals surface area contributed by atoms with Gasteiger partial charge >= 0.3 is 0 Å². The van der Waals surface area contributed by atoms with Gasteiger partial charge in [-0.15, -0.1) is 0 Å². The number of nitrogens with one attached hydrogen (secondary N) is 1. The largest absolute Gasteiger partial charge is 0.383 e. The van der Waals surface area contributed by atoms with Crippen LogP contribution < -0.4 is 5.32 Å². The summed E-state index contributed by atoms with van der Waals surface area (Å²) < 4.78 is 5.03. The lowest BCUT2D eigenvalue weighted by Gasteiger charge is -2.25. The number of piperidine rings is 1. The smallest absolute Gasteiger partial charge is 0.236 e. The fourth-order valence-electron chi connectivity index (χ4n) is 2.80. The van der Waals surface area contributed by atoms with Gasteiger partial charge in [0, 0.05) is 32.8 Å². The first-order chi connectivity index (χ1) is 8.69. The normalized spacial score (nSPS) is 27.6. The van der Waals surface area contributed by atoms with Gasteiger partial charge in [0.15, 0.2) is 0 Å². The van der Waals surface area contributed by atoms with Crippen molar-refractivity contribution in [2.45, 2.75) is 18.9 Å². The van der Waals surface area contributed by atoms with E-state index in [2.05, 4.69) is 5.32 Å². The van der Waals surface area contributed by atoms with Crippen LogP contribution in [0, 0.1) is 5.92 Å². The lowest BCUT2D eigenvalue weighted by atomic mass is 9.97. The van der Waals surface area contributed by atoms with Crippen LogP contribution in [0.25, 0.3) is 0 Å². The van der Waals surface area contributed by atoms with Crippen LogP contribution in [0.15, 0.2) is 0 Å². The Bertz CT molecular complexity index is 263. The Hall–Kier alpha value is -0.650. The van der Waals surface area contributed by atoms with Crippen LogP contribution >= 0.6 is 0 Å². The summed E-state index contributed by atoms with van der Waals surface area (Å²) >= 11 is 0. The summed E-state index contributed by atoms with van der Waals surface area (Å²) in [5, 5.41) is 3.53. The second-order valence-electron chi connectivity index (χ2n) is 5.58. The van der Waals surface area contributed by atoms with Crippen LogP contribution in [0.3, 0.4) is 0 Å². The second kappa shape index (κ2) is 6.50. The number of hydrogen-bond acceptors (Lipinski definition) is 4. The Labute approximate surface area is 109 Å². The minimum atomic E-state index is 0.259. The number of carbonyl (C=O) groups is 1. The summed E-state index contributed by atoms with van der Waals surface area (Å²) in [6.07, 6.45) is 2.48. The quantitative estimate of drug-likeness (QED) is 0.737. The molecule has 2 atom stereocenters. The fourth-order valence-corrected chi connectivity index (χ4v) is 2.80. The predicted molar refractivity (Wildman–Crippen MR) is 70.5 cm³/mol. The number of rotatable bonds is 5. The van der Waals surface area contributed by atoms with Gasteiger partial charge in [0.05, 0.1) is 13.2 Å². The zero-order valence-corrected chi connectivity index (χ0v) is 11.5. The number of ether oxygens (including phenoxy) is 1. The van der Waals surface area contributed by atoms with Gasteiger partial charge in [-0.1, -0.05) is 0 Å². The van der Waals surface area contributed by atoms with Crippen LogP contribution in [-0.2, 0) is 9.53 Å². The highest BCUT2D eigenvalue weighted by Crippen LogP contribution is 2.21. The van der Waals surface area contributed by atoms with Gasteiger partial charge in [0.25, 0.3) is 0 Å². The number of hydrogen-bond donors (Lipinski definition) is 1. The van der Waals surface area contributed by atoms with E-state index in [1.54, 1.807) is 7.11 Å². The molecule has 104 valence electrons. The molecule has 0 aromatic rings. The van der Waals surface area contributed by atoms with Crippen molar-refractivity contribution in [2.24, 2.45) is 5.92 Å². The topological polar surface area (TPSA) is 44.8 Å². The van der Waals surface area contributed by atoms with Crippen molar-refractivity contribution in [2.75, 3.05) is 53.5 Å². The maximum atomic E-state index is 12.3. The third-order valence-corrected chi connectivity index (χ3v) is 3.97. The molecule has 3 saturated heterocycles. The minimum absolute atomic E-state index is 0.259. The number of methoxy groups -OCH3 is 1. The number of amides is 1. The van der Waals surface area contributed by atoms with Gasteiger partial charge in [-0.3, -0.25) is 9.69 Å². The molecule has 0 aromatic carbocycles. The Balaban J connectivity index is 1.81. The second-order valence-corrected chi connectivity index (χ2v) is 5.58. The maximum absolute atomic E-state index is 12.3. The van der Waals surface area contributed by atoms with E-state index in [1.807, 2.05) is 16.8 Å². The van der Waals surface area contributed by atoms with Gasteiger partial charge in [-0.2, -0.15) is 0 Å². The summed E-state index contributed by atoms with van der Waals surface area (Å²) in [5.74, 6) is 0.909. The fraction of sp³-hybridized carbons (Fsp3) is 0.923. The Morgan fingerprint density at radius 1 is 1.44 bits per heavy atom. The first kappa shape index (κ1) is 13.8. The molecule has 5 heteroatoms. The summed E-state index contributed by atoms with van der Waals surface area (Å²) in [4.78, 5) is 16.3. The van der Waals surface area contributed by atoms with E-state index in [9.17, 15) is 4.79 Å². The highest BCUT2D eigenvalue weighted by Gasteiger charge is 2.31. The van der Waals surface area contributed by atoms with Gasteiger partial charge in [-0.05, 0) is 32.4 Å². The van der Waals surface area contributed by atoms with Crippen LogP contribution in [0.1, 0.15) is 12.8 Å². The molecule has 3 rings (SSSR count). The standard InChI is InChI=1S/C13H25N3O2/c1-15(5-6-18-2)10-13(17)16-8-11-3-4-12(9-16)14-7-11/h11-12,14H,3-10H2,1-2H3/t11-,12-/m0/s1. The van der Waals surface area contributed by atoms with E-state index in [-0.39, 0.29) is 5.91 Å². The van der Waals surface area contributed by atoms with Crippen molar-refractivity contribution in [3.8, 4) is 0 Å². The van der Waals surface area contributed by atoms with Crippen molar-refractivity contribution in [1.82, 2.24) is 15.1 Å². The molecule has 0 spiro atoms. The van der Waals surface area contributed by atoms with E-state index in [4.69, 9.17) is 4.74 Å². The lowest BCUT2D eigenvalue weighted by Crippen LogP contribution is -2.44. The van der Waals surface area contributed by atoms with E-state index in [1.165, 1.54) is 12.8 Å². The van der Waals surface area contributed by atoms with Crippen molar-refractivity contribution in [3.05, 3.63) is 0 Å². The third kappa shape index (κ3) is 3.67. The molecule has 3 heterocycles. The summed E-state index contributed by atoms with van der Waals surface area (Å²) in [6, 6.07) is 0.511. The van der Waals surface area contributed by atoms with Crippen molar-refractivity contribution >= 4 is 5.91 Å². The molecule has 0 radical (unpaired) electrons. The molecule has 0 unspecified atom stereocenters. The zero-order valence-electron chi connectivity index (χ0n) is 11.5. The van der Waals surface area contributed by atoms with Crippen LogP contribution in [0.2, 0.25) is 0 Å². The molecule has 1 amide bonds. The average Bonchev–Trinajstić information content (AvgIpc) is 2.69. The number of fused-ring (bicyclic) bond motifs is 4. The molecule has 3 aliphatic rings. The number of carbonyl (C=O) groups excluding carboxylic acids is 1. The predicted octanol–water partition coefficient (Wildman–Crippen LogP) is -0.225. The molecule has 3 fully saturated rings. The Kier molecular flexibility index (Phi) is 4.97. The molecule has 18 heavy (non-hydrogen) atoms. The summed E-state index contributed by atoms with van der Waals surface area (Å²) in [5.41, 5.74) is 0. The van der Waals surface area contributed by atoms with E-state index < -0.39 is 0 Å². The molecular weight excluding hydrogens is 230 g/mol. The van der Waals surface area contributed by atoms with Crippen LogP contribution in [0.4, 0.5) is 0 Å². The highest BCUT2D eigenvalue weighted by molar-refractivity contribution is 5.78. The molecule has 0 aromatic heterocycles. The molecule has 5 nitrogen and oxygen atoms in total. The van der Waals surface area contributed by atoms with Gasteiger partial charge < -0.3 is 15.0 Å². The first-order valence-corrected chi connectivity index (χ1v) is 6.87. The molecule has 2 bridgehead atoms. The van der Waals surface area contributed by atoms with Crippen molar-refractivity contribution < 1.29 is 9.53 Å². The maximum Gasteiger partial charge on any atom is 0.236 e. The van der Waals surface area contributed by atoms with E-state index in [0.29, 0.717) is 25.1 Å². The SMILES string of the molecule is COCCN(C)CC(=O)N1C[C@H]2CC[C@@H](C1)NC2. The molecular formula is C13H25N3O2. The highest BCUT2D eigenvalue weighted by atomic mass is 16.5. The van der Waals surface area contributed by atoms with Crippen LogP contribution in [0.5, 0.6) is 0 Å². The van der Waals surface area contributed by atoms with Crippen molar-refractivity contribution in [3.63, 3.8) is 0 Å². The zero-order chi connectivity index (χ0) is 13.0. The molecule has 1 N–H and O–H groups in total. The third-order valence-electron chi connectivity index (χ3n) is 3.97. The average molecular weight is 255 g/mol. The summed E-state index contributed by atoms with van der Waals surface area (Å²) in [6.45, 7) is 4.88. The molecule has 0 aliphatic carbocycles. The Morgan fingerprint density at radius 3 is 2.94 bits per heavy atom. The minimum Gasteiger partial charge on any atom is -0.383 e. The van der Waals surface area contributed by atoms with Gasteiger partial charge in [-0.25, -0.2) is 0 Å².